The van der Waals surface area contributed by atoms with E-state index in [4.69, 9.17) is 16.7 Å². The number of aliphatic carboxylic acids is 1. The number of carboxylic acids is 1. The van der Waals surface area contributed by atoms with Gasteiger partial charge in [-0.1, -0.05) is 17.7 Å². The van der Waals surface area contributed by atoms with Gasteiger partial charge in [0.25, 0.3) is 5.91 Å². The average Bonchev–Trinajstić information content (AvgIpc) is 2.27. The number of hydrogen-bond acceptors (Lipinski definition) is 4. The van der Waals surface area contributed by atoms with Gasteiger partial charge in [-0.2, -0.15) is 0 Å². The molecule has 0 spiro atoms. The van der Waals surface area contributed by atoms with Crippen molar-refractivity contribution in [2.75, 3.05) is 18.5 Å². The van der Waals surface area contributed by atoms with Crippen LogP contribution in [0, 0.1) is 0 Å². The SMILES string of the molecule is O=C(O)COCC(=O)NC(=O)Nc1cccc(Cl)c1. The predicted octanol–water partition coefficient (Wildman–Crippen LogP) is 1.09. The zero-order valence-corrected chi connectivity index (χ0v) is 10.4. The third kappa shape index (κ3) is 6.39. The Kier molecular flexibility index (Phi) is 5.77. The van der Waals surface area contributed by atoms with Gasteiger partial charge >= 0.3 is 12.0 Å². The number of carboxylic acid groups (broad SMARTS) is 1. The zero-order chi connectivity index (χ0) is 14.3. The van der Waals surface area contributed by atoms with E-state index in [9.17, 15) is 14.4 Å². The molecule has 0 saturated carbocycles. The molecule has 3 amide bonds. The van der Waals surface area contributed by atoms with Crippen LogP contribution >= 0.6 is 11.6 Å². The fraction of sp³-hybridized carbons (Fsp3) is 0.182. The number of rotatable bonds is 5. The minimum atomic E-state index is -1.20. The maximum absolute atomic E-state index is 11.4. The van der Waals surface area contributed by atoms with E-state index in [-0.39, 0.29) is 0 Å². The van der Waals surface area contributed by atoms with E-state index in [0.29, 0.717) is 10.7 Å². The van der Waals surface area contributed by atoms with Crippen LogP contribution in [0.4, 0.5) is 10.5 Å². The third-order valence-corrected chi connectivity index (χ3v) is 2.03. The Morgan fingerprint density at radius 1 is 1.26 bits per heavy atom. The average molecular weight is 287 g/mol. The van der Waals surface area contributed by atoms with Crippen LogP contribution in [0.1, 0.15) is 0 Å². The summed E-state index contributed by atoms with van der Waals surface area (Å²) >= 11 is 5.72. The van der Waals surface area contributed by atoms with Gasteiger partial charge in [0.15, 0.2) is 0 Å². The number of nitrogens with one attached hydrogen (secondary N) is 2. The van der Waals surface area contributed by atoms with Gasteiger partial charge in [0, 0.05) is 10.7 Å². The Hall–Kier alpha value is -2.12. The summed E-state index contributed by atoms with van der Waals surface area (Å²) in [7, 11) is 0. The standard InChI is InChI=1S/C11H11ClN2O5/c12-7-2-1-3-8(4-7)13-11(18)14-9(15)5-19-6-10(16)17/h1-4H,5-6H2,(H,16,17)(H2,13,14,15,18). The number of hydrogen-bond donors (Lipinski definition) is 3. The molecular weight excluding hydrogens is 276 g/mol. The molecule has 7 nitrogen and oxygen atoms in total. The first-order valence-electron chi connectivity index (χ1n) is 5.13. The molecule has 0 aromatic heterocycles. The monoisotopic (exact) mass is 286 g/mol. The molecular formula is C11H11ClN2O5. The van der Waals surface area contributed by atoms with Crippen LogP contribution in [0.5, 0.6) is 0 Å². The Morgan fingerprint density at radius 2 is 2.00 bits per heavy atom. The fourth-order valence-electron chi connectivity index (χ4n) is 1.12. The number of urea groups is 1. The molecule has 0 unspecified atom stereocenters. The Labute approximate surface area is 113 Å². The Morgan fingerprint density at radius 3 is 2.63 bits per heavy atom. The Bertz CT molecular complexity index is 492. The minimum absolute atomic E-state index is 0.421. The maximum atomic E-state index is 11.4. The van der Waals surface area contributed by atoms with E-state index in [1.165, 1.54) is 6.07 Å². The first kappa shape index (κ1) is 14.9. The van der Waals surface area contributed by atoms with Crippen molar-refractivity contribution in [3.8, 4) is 0 Å². The van der Waals surface area contributed by atoms with Crippen LogP contribution in [0.3, 0.4) is 0 Å². The molecule has 0 aliphatic rings. The maximum Gasteiger partial charge on any atom is 0.329 e. The zero-order valence-electron chi connectivity index (χ0n) is 9.68. The summed E-state index contributed by atoms with van der Waals surface area (Å²) in [6, 6.07) is 5.61. The highest BCUT2D eigenvalue weighted by molar-refractivity contribution is 6.30. The summed E-state index contributed by atoms with van der Waals surface area (Å²) in [5, 5.41) is 13.1. The summed E-state index contributed by atoms with van der Waals surface area (Å²) in [5.74, 6) is -1.95. The molecule has 19 heavy (non-hydrogen) atoms. The normalized spacial score (nSPS) is 9.74. The van der Waals surface area contributed by atoms with Crippen molar-refractivity contribution in [3.05, 3.63) is 29.3 Å². The number of carbonyl (C=O) groups excluding carboxylic acids is 2. The predicted molar refractivity (Wildman–Crippen MR) is 67.1 cm³/mol. The van der Waals surface area contributed by atoms with Gasteiger partial charge in [-0.05, 0) is 18.2 Å². The number of amides is 3. The van der Waals surface area contributed by atoms with Crippen LogP contribution in [-0.2, 0) is 14.3 Å². The molecule has 0 heterocycles. The topological polar surface area (TPSA) is 105 Å². The number of carbonyl (C=O) groups is 3. The van der Waals surface area contributed by atoms with Crippen LogP contribution in [-0.4, -0.2) is 36.2 Å². The molecule has 102 valence electrons. The van der Waals surface area contributed by atoms with Gasteiger partial charge in [0.1, 0.15) is 13.2 Å². The number of ether oxygens (including phenoxy) is 1. The fourth-order valence-corrected chi connectivity index (χ4v) is 1.31. The van der Waals surface area contributed by atoms with Crippen molar-refractivity contribution in [1.29, 1.82) is 0 Å². The lowest BCUT2D eigenvalue weighted by Crippen LogP contribution is -2.37. The summed E-state index contributed by atoms with van der Waals surface area (Å²) < 4.78 is 4.51. The molecule has 0 bridgehead atoms. The molecule has 1 rings (SSSR count). The Balaban J connectivity index is 2.34. The van der Waals surface area contributed by atoms with Crippen LogP contribution in [0.2, 0.25) is 5.02 Å². The van der Waals surface area contributed by atoms with Gasteiger partial charge in [0.2, 0.25) is 0 Å². The van der Waals surface area contributed by atoms with Crippen molar-refractivity contribution in [2.45, 2.75) is 0 Å². The first-order chi connectivity index (χ1) is 8.97. The number of benzene rings is 1. The minimum Gasteiger partial charge on any atom is -0.480 e. The van der Waals surface area contributed by atoms with Crippen LogP contribution in [0.15, 0.2) is 24.3 Å². The molecule has 0 aliphatic carbocycles. The summed E-state index contributed by atoms with van der Waals surface area (Å²) in [4.78, 5) is 32.7. The molecule has 0 aliphatic heterocycles. The largest absolute Gasteiger partial charge is 0.480 e. The lowest BCUT2D eigenvalue weighted by molar-refractivity contribution is -0.143. The molecule has 1 aromatic rings. The number of imide groups is 1. The molecule has 0 fully saturated rings. The van der Waals surface area contributed by atoms with Crippen molar-refractivity contribution < 1.29 is 24.2 Å². The molecule has 8 heteroatoms. The highest BCUT2D eigenvalue weighted by Gasteiger charge is 2.09. The lowest BCUT2D eigenvalue weighted by atomic mass is 10.3. The van der Waals surface area contributed by atoms with E-state index in [2.05, 4.69) is 10.1 Å². The van der Waals surface area contributed by atoms with Crippen molar-refractivity contribution >= 4 is 35.2 Å². The van der Waals surface area contributed by atoms with Gasteiger partial charge < -0.3 is 15.2 Å². The molecule has 0 saturated heterocycles. The van der Waals surface area contributed by atoms with E-state index in [1.54, 1.807) is 18.2 Å². The van der Waals surface area contributed by atoms with Gasteiger partial charge in [-0.25, -0.2) is 9.59 Å². The third-order valence-electron chi connectivity index (χ3n) is 1.79. The van der Waals surface area contributed by atoms with E-state index < -0.39 is 31.1 Å². The number of halogens is 1. The first-order valence-corrected chi connectivity index (χ1v) is 5.51. The molecule has 3 N–H and O–H groups in total. The van der Waals surface area contributed by atoms with Gasteiger partial charge in [-0.3, -0.25) is 10.1 Å². The second-order valence-corrected chi connectivity index (χ2v) is 3.84. The lowest BCUT2D eigenvalue weighted by Gasteiger charge is -2.06. The van der Waals surface area contributed by atoms with Crippen LogP contribution in [0.25, 0.3) is 0 Å². The van der Waals surface area contributed by atoms with Gasteiger partial charge in [0.05, 0.1) is 0 Å². The molecule has 0 radical (unpaired) electrons. The van der Waals surface area contributed by atoms with Crippen LogP contribution < -0.4 is 10.6 Å². The van der Waals surface area contributed by atoms with Crippen molar-refractivity contribution in [3.63, 3.8) is 0 Å². The summed E-state index contributed by atoms with van der Waals surface area (Å²) in [6.45, 7) is -1.13. The summed E-state index contributed by atoms with van der Waals surface area (Å²) in [6.07, 6.45) is 0. The number of anilines is 1. The van der Waals surface area contributed by atoms with E-state index >= 15 is 0 Å². The second-order valence-electron chi connectivity index (χ2n) is 3.40. The molecule has 1 aromatic carbocycles. The van der Waals surface area contributed by atoms with Crippen molar-refractivity contribution in [1.82, 2.24) is 5.32 Å². The summed E-state index contributed by atoms with van der Waals surface area (Å²) in [5.41, 5.74) is 0.421. The van der Waals surface area contributed by atoms with Crippen molar-refractivity contribution in [2.24, 2.45) is 0 Å². The smallest absolute Gasteiger partial charge is 0.329 e. The quantitative estimate of drug-likeness (QED) is 0.751. The van der Waals surface area contributed by atoms with E-state index in [1.807, 2.05) is 5.32 Å². The highest BCUT2D eigenvalue weighted by atomic mass is 35.5. The highest BCUT2D eigenvalue weighted by Crippen LogP contribution is 2.14. The molecule has 0 atom stereocenters. The van der Waals surface area contributed by atoms with E-state index in [0.717, 1.165) is 0 Å². The second kappa shape index (κ2) is 7.34. The van der Waals surface area contributed by atoms with Gasteiger partial charge in [-0.15, -0.1) is 0 Å².